The molecule has 25 heavy (non-hydrogen) atoms. The highest BCUT2D eigenvalue weighted by molar-refractivity contribution is 6.30. The molecular formula is C17H13ClFN3O3. The fourth-order valence-electron chi connectivity index (χ4n) is 2.05. The second-order valence-corrected chi connectivity index (χ2v) is 5.56. The molecule has 0 fully saturated rings. The molecule has 0 saturated heterocycles. The fraction of sp³-hybridized carbons (Fsp3) is 0.118. The van der Waals surface area contributed by atoms with Gasteiger partial charge in [0.1, 0.15) is 11.6 Å². The van der Waals surface area contributed by atoms with Gasteiger partial charge in [-0.2, -0.15) is 4.98 Å². The number of hydrogen-bond donors (Lipinski definition) is 1. The zero-order valence-corrected chi connectivity index (χ0v) is 13.9. The molecule has 0 aliphatic carbocycles. The Morgan fingerprint density at radius 1 is 1.28 bits per heavy atom. The molecule has 2 aromatic carbocycles. The third-order valence-corrected chi connectivity index (χ3v) is 3.45. The van der Waals surface area contributed by atoms with Crippen LogP contribution in [0.5, 0.6) is 5.75 Å². The van der Waals surface area contributed by atoms with E-state index in [2.05, 4.69) is 15.5 Å². The van der Waals surface area contributed by atoms with E-state index in [-0.39, 0.29) is 12.3 Å². The van der Waals surface area contributed by atoms with Crippen LogP contribution in [0.4, 0.5) is 10.1 Å². The molecule has 0 aliphatic heterocycles. The third kappa shape index (κ3) is 4.33. The lowest BCUT2D eigenvalue weighted by Gasteiger charge is -2.09. The Bertz CT molecular complexity index is 896. The van der Waals surface area contributed by atoms with E-state index < -0.39 is 11.7 Å². The summed E-state index contributed by atoms with van der Waals surface area (Å²) in [5, 5.41) is 6.54. The van der Waals surface area contributed by atoms with Crippen molar-refractivity contribution in [3.63, 3.8) is 0 Å². The predicted octanol–water partition coefficient (Wildman–Crippen LogP) is 3.86. The predicted molar refractivity (Wildman–Crippen MR) is 90.0 cm³/mol. The van der Waals surface area contributed by atoms with Crippen molar-refractivity contribution >= 4 is 23.2 Å². The van der Waals surface area contributed by atoms with Crippen LogP contribution in [0.3, 0.4) is 0 Å². The molecule has 3 rings (SSSR count). The zero-order chi connectivity index (χ0) is 17.8. The first kappa shape index (κ1) is 16.9. The number of anilines is 1. The number of halogens is 2. The first-order chi connectivity index (χ1) is 12.0. The van der Waals surface area contributed by atoms with Gasteiger partial charge in [0.15, 0.2) is 6.61 Å². The maximum Gasteiger partial charge on any atom is 0.262 e. The molecule has 1 aromatic heterocycles. The molecule has 0 unspecified atom stereocenters. The van der Waals surface area contributed by atoms with E-state index in [0.29, 0.717) is 22.5 Å². The highest BCUT2D eigenvalue weighted by atomic mass is 35.5. The second kappa shape index (κ2) is 7.31. The standard InChI is InChI=1S/C17H13ClFN3O3/c1-10-20-17(22-25-10)11-2-5-13(6-3-11)24-9-16(23)21-15-8-12(18)4-7-14(15)19/h2-8H,9H2,1H3,(H,21,23). The molecule has 8 heteroatoms. The van der Waals surface area contributed by atoms with Gasteiger partial charge in [-0.05, 0) is 42.5 Å². The van der Waals surface area contributed by atoms with Crippen molar-refractivity contribution in [1.82, 2.24) is 10.1 Å². The average molecular weight is 362 g/mol. The Labute approximate surface area is 147 Å². The summed E-state index contributed by atoms with van der Waals surface area (Å²) >= 11 is 5.77. The van der Waals surface area contributed by atoms with Crippen molar-refractivity contribution in [2.24, 2.45) is 0 Å². The minimum Gasteiger partial charge on any atom is -0.484 e. The van der Waals surface area contributed by atoms with Crippen molar-refractivity contribution < 1.29 is 18.4 Å². The van der Waals surface area contributed by atoms with E-state index in [9.17, 15) is 9.18 Å². The molecule has 1 amide bonds. The van der Waals surface area contributed by atoms with Gasteiger partial charge in [0.25, 0.3) is 5.91 Å². The van der Waals surface area contributed by atoms with Crippen LogP contribution in [-0.2, 0) is 4.79 Å². The Morgan fingerprint density at radius 3 is 2.72 bits per heavy atom. The Hall–Kier alpha value is -2.93. The zero-order valence-electron chi connectivity index (χ0n) is 13.1. The van der Waals surface area contributed by atoms with Crippen molar-refractivity contribution in [3.8, 4) is 17.1 Å². The van der Waals surface area contributed by atoms with Gasteiger partial charge in [-0.3, -0.25) is 4.79 Å². The van der Waals surface area contributed by atoms with E-state index >= 15 is 0 Å². The van der Waals surface area contributed by atoms with Crippen LogP contribution in [0.1, 0.15) is 5.89 Å². The molecule has 0 spiro atoms. The smallest absolute Gasteiger partial charge is 0.262 e. The van der Waals surface area contributed by atoms with Gasteiger partial charge < -0.3 is 14.6 Å². The molecule has 3 aromatic rings. The van der Waals surface area contributed by atoms with Gasteiger partial charge in [-0.25, -0.2) is 4.39 Å². The number of carbonyl (C=O) groups is 1. The van der Waals surface area contributed by atoms with Gasteiger partial charge in [-0.1, -0.05) is 16.8 Å². The summed E-state index contributed by atoms with van der Waals surface area (Å²) in [4.78, 5) is 16.0. The maximum absolute atomic E-state index is 13.6. The summed E-state index contributed by atoms with van der Waals surface area (Å²) in [6.07, 6.45) is 0. The minimum absolute atomic E-state index is 0.00363. The first-order valence-corrected chi connectivity index (χ1v) is 7.67. The largest absolute Gasteiger partial charge is 0.484 e. The van der Waals surface area contributed by atoms with Crippen LogP contribution in [0.25, 0.3) is 11.4 Å². The Kier molecular flexibility index (Phi) is 4.95. The minimum atomic E-state index is -0.572. The van der Waals surface area contributed by atoms with Crippen molar-refractivity contribution in [2.45, 2.75) is 6.92 Å². The molecule has 0 atom stereocenters. The Balaban J connectivity index is 1.58. The molecule has 0 saturated carbocycles. The molecule has 0 aliphatic rings. The highest BCUT2D eigenvalue weighted by Crippen LogP contribution is 2.21. The molecule has 0 radical (unpaired) electrons. The summed E-state index contributed by atoms with van der Waals surface area (Å²) in [6, 6.07) is 10.7. The SMILES string of the molecule is Cc1nc(-c2ccc(OCC(=O)Nc3cc(Cl)ccc3F)cc2)no1. The van der Waals surface area contributed by atoms with E-state index in [1.165, 1.54) is 18.2 Å². The number of ether oxygens (including phenoxy) is 1. The second-order valence-electron chi connectivity index (χ2n) is 5.12. The lowest BCUT2D eigenvalue weighted by atomic mass is 10.2. The fourth-order valence-corrected chi connectivity index (χ4v) is 2.22. The normalized spacial score (nSPS) is 10.5. The number of amides is 1. The van der Waals surface area contributed by atoms with E-state index in [4.69, 9.17) is 20.9 Å². The topological polar surface area (TPSA) is 77.2 Å². The first-order valence-electron chi connectivity index (χ1n) is 7.30. The van der Waals surface area contributed by atoms with Crippen molar-refractivity contribution in [1.29, 1.82) is 0 Å². The van der Waals surface area contributed by atoms with Gasteiger partial charge in [0.2, 0.25) is 11.7 Å². The quantitative estimate of drug-likeness (QED) is 0.746. The van der Waals surface area contributed by atoms with Gasteiger partial charge in [-0.15, -0.1) is 0 Å². The number of rotatable bonds is 5. The molecule has 1 N–H and O–H groups in total. The summed E-state index contributed by atoms with van der Waals surface area (Å²) < 4.78 is 23.9. The third-order valence-electron chi connectivity index (χ3n) is 3.21. The summed E-state index contributed by atoms with van der Waals surface area (Å²) in [6.45, 7) is 1.43. The van der Waals surface area contributed by atoms with Crippen LogP contribution >= 0.6 is 11.6 Å². The maximum atomic E-state index is 13.6. The van der Waals surface area contributed by atoms with Crippen LogP contribution in [0.15, 0.2) is 47.0 Å². The number of carbonyl (C=O) groups excluding carboxylic acids is 1. The highest BCUT2D eigenvalue weighted by Gasteiger charge is 2.09. The number of benzene rings is 2. The van der Waals surface area contributed by atoms with Gasteiger partial charge in [0, 0.05) is 17.5 Å². The molecule has 0 bridgehead atoms. The molecule has 128 valence electrons. The molecular weight excluding hydrogens is 349 g/mol. The number of aromatic nitrogens is 2. The van der Waals surface area contributed by atoms with E-state index in [1.54, 1.807) is 31.2 Å². The van der Waals surface area contributed by atoms with Crippen LogP contribution in [0, 0.1) is 12.7 Å². The summed E-state index contributed by atoms with van der Waals surface area (Å²) in [7, 11) is 0. The van der Waals surface area contributed by atoms with Gasteiger partial charge in [0.05, 0.1) is 5.69 Å². The lowest BCUT2D eigenvalue weighted by molar-refractivity contribution is -0.118. The monoisotopic (exact) mass is 361 g/mol. The average Bonchev–Trinajstić information content (AvgIpc) is 3.03. The van der Waals surface area contributed by atoms with Crippen LogP contribution in [0.2, 0.25) is 5.02 Å². The molecule has 6 nitrogen and oxygen atoms in total. The molecule has 1 heterocycles. The summed E-state index contributed by atoms with van der Waals surface area (Å²) in [5.74, 6) is 0.348. The number of aryl methyl sites for hydroxylation is 1. The van der Waals surface area contributed by atoms with E-state index in [1.807, 2.05) is 0 Å². The number of nitrogens with one attached hydrogen (secondary N) is 1. The van der Waals surface area contributed by atoms with E-state index in [0.717, 1.165) is 5.56 Å². The van der Waals surface area contributed by atoms with Crippen LogP contribution < -0.4 is 10.1 Å². The number of nitrogens with zero attached hydrogens (tertiary/aromatic N) is 2. The Morgan fingerprint density at radius 2 is 2.04 bits per heavy atom. The van der Waals surface area contributed by atoms with Crippen LogP contribution in [-0.4, -0.2) is 22.7 Å². The van der Waals surface area contributed by atoms with Gasteiger partial charge >= 0.3 is 0 Å². The summed E-state index contributed by atoms with van der Waals surface area (Å²) in [5.41, 5.74) is 0.763. The van der Waals surface area contributed by atoms with Crippen molar-refractivity contribution in [3.05, 3.63) is 59.2 Å². The number of hydrogen-bond acceptors (Lipinski definition) is 5. The van der Waals surface area contributed by atoms with Crippen molar-refractivity contribution in [2.75, 3.05) is 11.9 Å². The lowest BCUT2D eigenvalue weighted by Crippen LogP contribution is -2.20.